The van der Waals surface area contributed by atoms with Crippen LogP contribution in [-0.4, -0.2) is 53.0 Å². The van der Waals surface area contributed by atoms with Crippen LogP contribution in [-0.2, 0) is 6.54 Å². The summed E-state index contributed by atoms with van der Waals surface area (Å²) in [6.45, 7) is 7.95. The van der Waals surface area contributed by atoms with Gasteiger partial charge in [-0.1, -0.05) is 57.2 Å². The van der Waals surface area contributed by atoms with E-state index < -0.39 is 0 Å². The summed E-state index contributed by atoms with van der Waals surface area (Å²) >= 11 is 0. The maximum Gasteiger partial charge on any atom is 0.256 e. The Bertz CT molecular complexity index is 767. The molecule has 146 valence electrons. The first-order chi connectivity index (χ1) is 13.3. The lowest BCUT2D eigenvalue weighted by molar-refractivity contribution is 0.0645. The van der Waals surface area contributed by atoms with E-state index in [9.17, 15) is 4.79 Å². The van der Waals surface area contributed by atoms with E-state index in [1.807, 2.05) is 4.90 Å². The highest BCUT2D eigenvalue weighted by molar-refractivity contribution is 6.07. The van der Waals surface area contributed by atoms with E-state index in [0.717, 1.165) is 56.1 Å². The van der Waals surface area contributed by atoms with Gasteiger partial charge in [-0.25, -0.2) is 0 Å². The SMILES string of the molecule is CCN1CCN(C(=O)c2cn(CCC3CCCCC3)c3ccccc23)CC1. The topological polar surface area (TPSA) is 28.5 Å². The maximum absolute atomic E-state index is 13.2. The maximum atomic E-state index is 13.2. The highest BCUT2D eigenvalue weighted by Crippen LogP contribution is 2.29. The number of benzene rings is 1. The fourth-order valence-electron chi connectivity index (χ4n) is 4.84. The molecule has 1 amide bonds. The van der Waals surface area contributed by atoms with Crippen LogP contribution >= 0.6 is 0 Å². The van der Waals surface area contributed by atoms with E-state index in [-0.39, 0.29) is 5.91 Å². The standard InChI is InChI=1S/C23H33N3O/c1-2-24-14-16-25(17-15-24)23(27)21-18-26(22-11-7-6-10-20(21)22)13-12-19-8-4-3-5-9-19/h6-7,10-11,18-19H,2-5,8-9,12-17H2,1H3. The fraction of sp³-hybridized carbons (Fsp3) is 0.609. The number of carbonyl (C=O) groups is 1. The Morgan fingerprint density at radius 3 is 2.52 bits per heavy atom. The Labute approximate surface area is 163 Å². The van der Waals surface area contributed by atoms with E-state index >= 15 is 0 Å². The summed E-state index contributed by atoms with van der Waals surface area (Å²) in [5.74, 6) is 1.07. The van der Waals surface area contributed by atoms with E-state index in [0.29, 0.717) is 0 Å². The van der Waals surface area contributed by atoms with Crippen molar-refractivity contribution in [2.24, 2.45) is 5.92 Å². The lowest BCUT2D eigenvalue weighted by Crippen LogP contribution is -2.48. The number of hydrogen-bond acceptors (Lipinski definition) is 2. The number of likely N-dealkylation sites (N-methyl/N-ethyl adjacent to an activating group) is 1. The first-order valence-corrected chi connectivity index (χ1v) is 10.9. The summed E-state index contributed by atoms with van der Waals surface area (Å²) in [5.41, 5.74) is 2.10. The minimum absolute atomic E-state index is 0.207. The monoisotopic (exact) mass is 367 g/mol. The van der Waals surface area contributed by atoms with E-state index in [1.165, 1.54) is 44.0 Å². The third-order valence-corrected chi connectivity index (χ3v) is 6.63. The molecule has 0 unspecified atom stereocenters. The molecule has 0 bridgehead atoms. The van der Waals surface area contributed by atoms with Crippen molar-refractivity contribution in [2.45, 2.75) is 52.0 Å². The van der Waals surface area contributed by atoms with Crippen LogP contribution in [0.1, 0.15) is 55.8 Å². The summed E-state index contributed by atoms with van der Waals surface area (Å²) in [7, 11) is 0. The zero-order valence-electron chi connectivity index (χ0n) is 16.7. The van der Waals surface area contributed by atoms with Crippen LogP contribution in [0.25, 0.3) is 10.9 Å². The Morgan fingerprint density at radius 1 is 1.04 bits per heavy atom. The first kappa shape index (κ1) is 18.5. The predicted octanol–water partition coefficient (Wildman–Crippen LogP) is 4.39. The normalized spacial score (nSPS) is 19.7. The molecule has 2 fully saturated rings. The second kappa shape index (κ2) is 8.47. The van der Waals surface area contributed by atoms with E-state index in [1.54, 1.807) is 0 Å². The molecule has 2 aromatic rings. The molecule has 0 N–H and O–H groups in total. The predicted molar refractivity (Wildman–Crippen MR) is 111 cm³/mol. The number of fused-ring (bicyclic) bond motifs is 1. The largest absolute Gasteiger partial charge is 0.347 e. The summed E-state index contributed by atoms with van der Waals surface area (Å²) in [6.07, 6.45) is 10.3. The molecule has 1 aliphatic heterocycles. The van der Waals surface area contributed by atoms with Gasteiger partial charge < -0.3 is 14.4 Å². The number of para-hydroxylation sites is 1. The quantitative estimate of drug-likeness (QED) is 0.784. The molecule has 4 heteroatoms. The molecule has 1 saturated heterocycles. The molecule has 2 aliphatic rings. The van der Waals surface area contributed by atoms with Gasteiger partial charge in [0.1, 0.15) is 0 Å². The van der Waals surface area contributed by atoms with Crippen LogP contribution in [0.5, 0.6) is 0 Å². The van der Waals surface area contributed by atoms with Crippen molar-refractivity contribution in [3.8, 4) is 0 Å². The lowest BCUT2D eigenvalue weighted by atomic mass is 9.87. The highest BCUT2D eigenvalue weighted by Gasteiger charge is 2.24. The second-order valence-corrected chi connectivity index (χ2v) is 8.27. The van der Waals surface area contributed by atoms with E-state index in [4.69, 9.17) is 0 Å². The Balaban J connectivity index is 1.51. The molecule has 4 nitrogen and oxygen atoms in total. The number of piperazine rings is 1. The molecule has 1 aromatic carbocycles. The molecule has 0 spiro atoms. The van der Waals surface area contributed by atoms with Crippen LogP contribution in [0.15, 0.2) is 30.5 Å². The van der Waals surface area contributed by atoms with Gasteiger partial charge in [-0.2, -0.15) is 0 Å². The van der Waals surface area contributed by atoms with Gasteiger partial charge in [-0.05, 0) is 24.9 Å². The number of amides is 1. The van der Waals surface area contributed by atoms with Gasteiger partial charge in [-0.3, -0.25) is 4.79 Å². The molecule has 2 heterocycles. The van der Waals surface area contributed by atoms with Crippen molar-refractivity contribution in [3.05, 3.63) is 36.0 Å². The smallest absolute Gasteiger partial charge is 0.256 e. The first-order valence-electron chi connectivity index (χ1n) is 10.9. The molecular formula is C23H33N3O. The fourth-order valence-corrected chi connectivity index (χ4v) is 4.84. The third kappa shape index (κ3) is 4.06. The third-order valence-electron chi connectivity index (χ3n) is 6.63. The average Bonchev–Trinajstić information content (AvgIpc) is 3.11. The van der Waals surface area contributed by atoms with Crippen LogP contribution < -0.4 is 0 Å². The summed E-state index contributed by atoms with van der Waals surface area (Å²) in [5, 5.41) is 1.11. The second-order valence-electron chi connectivity index (χ2n) is 8.27. The number of rotatable bonds is 5. The van der Waals surface area contributed by atoms with Crippen molar-refractivity contribution in [1.29, 1.82) is 0 Å². The van der Waals surface area contributed by atoms with Crippen LogP contribution in [0.2, 0.25) is 0 Å². The van der Waals surface area contributed by atoms with Crippen LogP contribution in [0.4, 0.5) is 0 Å². The van der Waals surface area contributed by atoms with Crippen LogP contribution in [0.3, 0.4) is 0 Å². The zero-order chi connectivity index (χ0) is 18.6. The lowest BCUT2D eigenvalue weighted by Gasteiger charge is -2.34. The van der Waals surface area contributed by atoms with Gasteiger partial charge in [-0.15, -0.1) is 0 Å². The van der Waals surface area contributed by atoms with Gasteiger partial charge in [0.2, 0.25) is 0 Å². The number of aryl methyl sites for hydroxylation is 1. The molecule has 4 rings (SSSR count). The van der Waals surface area contributed by atoms with Gasteiger partial charge in [0.25, 0.3) is 5.91 Å². The van der Waals surface area contributed by atoms with Crippen molar-refractivity contribution >= 4 is 16.8 Å². The summed E-state index contributed by atoms with van der Waals surface area (Å²) < 4.78 is 2.33. The van der Waals surface area contributed by atoms with Crippen molar-refractivity contribution in [2.75, 3.05) is 32.7 Å². The molecule has 1 aliphatic carbocycles. The summed E-state index contributed by atoms with van der Waals surface area (Å²) in [6, 6.07) is 8.43. The van der Waals surface area contributed by atoms with Gasteiger partial charge in [0.05, 0.1) is 5.56 Å². The molecule has 1 saturated carbocycles. The minimum atomic E-state index is 0.207. The van der Waals surface area contributed by atoms with Gasteiger partial charge in [0, 0.05) is 49.8 Å². The number of nitrogens with zero attached hydrogens (tertiary/aromatic N) is 3. The van der Waals surface area contributed by atoms with Gasteiger partial charge >= 0.3 is 0 Å². The molecular weight excluding hydrogens is 334 g/mol. The number of aromatic nitrogens is 1. The molecule has 1 aromatic heterocycles. The van der Waals surface area contributed by atoms with Crippen molar-refractivity contribution in [3.63, 3.8) is 0 Å². The average molecular weight is 368 g/mol. The number of hydrogen-bond donors (Lipinski definition) is 0. The molecule has 0 atom stereocenters. The summed E-state index contributed by atoms with van der Waals surface area (Å²) in [4.78, 5) is 17.7. The highest BCUT2D eigenvalue weighted by atomic mass is 16.2. The van der Waals surface area contributed by atoms with Crippen molar-refractivity contribution in [1.82, 2.24) is 14.4 Å². The Morgan fingerprint density at radius 2 is 1.78 bits per heavy atom. The zero-order valence-corrected chi connectivity index (χ0v) is 16.7. The minimum Gasteiger partial charge on any atom is -0.347 e. The van der Waals surface area contributed by atoms with Crippen LogP contribution in [0, 0.1) is 5.92 Å². The number of carbonyl (C=O) groups excluding carboxylic acids is 1. The van der Waals surface area contributed by atoms with E-state index in [2.05, 4.69) is 46.9 Å². The Hall–Kier alpha value is -1.81. The molecule has 27 heavy (non-hydrogen) atoms. The van der Waals surface area contributed by atoms with Gasteiger partial charge in [0.15, 0.2) is 0 Å². The Kier molecular flexibility index (Phi) is 5.82. The molecule has 0 radical (unpaired) electrons. The van der Waals surface area contributed by atoms with Crippen molar-refractivity contribution < 1.29 is 4.79 Å².